The molecule has 1 saturated heterocycles. The maximum atomic E-state index is 6.18. The Morgan fingerprint density at radius 3 is 2.43 bits per heavy atom. The summed E-state index contributed by atoms with van der Waals surface area (Å²) in [4.78, 5) is 11.8. The van der Waals surface area contributed by atoms with Gasteiger partial charge in [0.2, 0.25) is 5.95 Å². The highest BCUT2D eigenvalue weighted by atomic mass is 16.5. The molecule has 28 heavy (non-hydrogen) atoms. The minimum absolute atomic E-state index is 0.226. The number of rotatable bonds is 3. The molecule has 0 radical (unpaired) electrons. The smallest absolute Gasteiger partial charge is 0.226 e. The number of hydrogen-bond acceptors (Lipinski definition) is 6. The maximum absolute atomic E-state index is 6.18. The Bertz CT molecular complexity index is 826. The zero-order chi connectivity index (χ0) is 19.9. The number of aromatic nitrogens is 2. The van der Waals surface area contributed by atoms with Gasteiger partial charge in [0.1, 0.15) is 0 Å². The fraction of sp³-hybridized carbons (Fsp3) is 0.636. The minimum Gasteiger partial charge on any atom is -0.382 e. The van der Waals surface area contributed by atoms with Crippen LogP contribution >= 0.6 is 0 Å². The molecule has 1 aliphatic heterocycles. The number of anilines is 2. The van der Waals surface area contributed by atoms with Crippen LogP contribution in [0.3, 0.4) is 0 Å². The average Bonchev–Trinajstić information content (AvgIpc) is 2.60. The second-order valence-electron chi connectivity index (χ2n) is 9.68. The highest BCUT2D eigenvalue weighted by molar-refractivity contribution is 5.82. The van der Waals surface area contributed by atoms with Crippen molar-refractivity contribution in [2.24, 2.45) is 5.73 Å². The molecule has 6 nitrogen and oxygen atoms in total. The van der Waals surface area contributed by atoms with E-state index >= 15 is 0 Å². The summed E-state index contributed by atoms with van der Waals surface area (Å²) in [7, 11) is 0. The highest BCUT2D eigenvalue weighted by Crippen LogP contribution is 2.31. The number of nitrogens with one attached hydrogen (secondary N) is 1. The zero-order valence-corrected chi connectivity index (χ0v) is 17.5. The van der Waals surface area contributed by atoms with Gasteiger partial charge in [0.05, 0.1) is 16.7 Å². The first kappa shape index (κ1) is 19.4. The predicted octanol–water partition coefficient (Wildman–Crippen LogP) is 3.71. The molecule has 4 rings (SSSR count). The largest absolute Gasteiger partial charge is 0.382 e. The summed E-state index contributed by atoms with van der Waals surface area (Å²) >= 11 is 0. The first-order chi connectivity index (χ1) is 13.2. The third-order valence-corrected chi connectivity index (χ3v) is 5.69. The predicted molar refractivity (Wildman–Crippen MR) is 115 cm³/mol. The van der Waals surface area contributed by atoms with Crippen molar-refractivity contribution in [2.75, 3.05) is 23.3 Å². The molecule has 2 heterocycles. The molecular weight excluding hydrogens is 350 g/mol. The monoisotopic (exact) mass is 383 g/mol. The molecule has 1 aromatic heterocycles. The summed E-state index contributed by atoms with van der Waals surface area (Å²) < 4.78 is 6.18. The van der Waals surface area contributed by atoms with Crippen LogP contribution in [-0.4, -0.2) is 46.3 Å². The van der Waals surface area contributed by atoms with Gasteiger partial charge in [-0.05, 0) is 71.6 Å². The van der Waals surface area contributed by atoms with Crippen LogP contribution in [0, 0.1) is 0 Å². The van der Waals surface area contributed by atoms with Gasteiger partial charge >= 0.3 is 0 Å². The number of benzene rings is 1. The molecule has 2 aliphatic rings. The molecule has 0 unspecified atom stereocenters. The number of morpholine rings is 1. The van der Waals surface area contributed by atoms with E-state index in [9.17, 15) is 0 Å². The molecule has 0 amide bonds. The number of ether oxygens (including phenoxy) is 1. The SMILES string of the molecule is CC1(C)CN(c2ncc3cc(NC4CCC(N)CC4)ccc3n2)CC(C)(C)O1. The van der Waals surface area contributed by atoms with E-state index in [0.717, 1.165) is 61.3 Å². The van der Waals surface area contributed by atoms with E-state index in [1.807, 2.05) is 6.20 Å². The Labute approximate surface area is 167 Å². The fourth-order valence-electron chi connectivity index (χ4n) is 4.69. The van der Waals surface area contributed by atoms with Gasteiger partial charge in [0, 0.05) is 42.4 Å². The molecule has 152 valence electrons. The van der Waals surface area contributed by atoms with Crippen molar-refractivity contribution in [1.82, 2.24) is 9.97 Å². The Kier molecular flexibility index (Phi) is 4.96. The lowest BCUT2D eigenvalue weighted by Crippen LogP contribution is -2.57. The van der Waals surface area contributed by atoms with Crippen LogP contribution in [0.4, 0.5) is 11.6 Å². The zero-order valence-electron chi connectivity index (χ0n) is 17.5. The van der Waals surface area contributed by atoms with Crippen LogP contribution in [0.25, 0.3) is 10.9 Å². The van der Waals surface area contributed by atoms with E-state index in [0.29, 0.717) is 12.1 Å². The van der Waals surface area contributed by atoms with Gasteiger partial charge in [0.25, 0.3) is 0 Å². The van der Waals surface area contributed by atoms with Crippen molar-refractivity contribution in [1.29, 1.82) is 0 Å². The van der Waals surface area contributed by atoms with Gasteiger partial charge in [-0.15, -0.1) is 0 Å². The second-order valence-corrected chi connectivity index (χ2v) is 9.68. The lowest BCUT2D eigenvalue weighted by Gasteiger charge is -2.47. The summed E-state index contributed by atoms with van der Waals surface area (Å²) in [6.07, 6.45) is 6.41. The van der Waals surface area contributed by atoms with Gasteiger partial charge in [-0.2, -0.15) is 0 Å². The molecular formula is C22H33N5O. The summed E-state index contributed by atoms with van der Waals surface area (Å²) in [5, 5.41) is 4.72. The average molecular weight is 384 g/mol. The quantitative estimate of drug-likeness (QED) is 0.841. The molecule has 0 bridgehead atoms. The number of nitrogens with zero attached hydrogens (tertiary/aromatic N) is 3. The third-order valence-electron chi connectivity index (χ3n) is 5.69. The van der Waals surface area contributed by atoms with E-state index in [4.69, 9.17) is 15.5 Å². The van der Waals surface area contributed by atoms with Gasteiger partial charge in [-0.3, -0.25) is 0 Å². The molecule has 1 aliphatic carbocycles. The first-order valence-electron chi connectivity index (χ1n) is 10.4. The van der Waals surface area contributed by atoms with Crippen molar-refractivity contribution in [3.8, 4) is 0 Å². The van der Waals surface area contributed by atoms with E-state index in [2.05, 4.69) is 61.1 Å². The van der Waals surface area contributed by atoms with Gasteiger partial charge in [0.15, 0.2) is 0 Å². The van der Waals surface area contributed by atoms with Crippen LogP contribution < -0.4 is 16.0 Å². The number of hydrogen-bond donors (Lipinski definition) is 2. The Hall–Kier alpha value is -1.92. The second kappa shape index (κ2) is 7.16. The Morgan fingerprint density at radius 1 is 1.07 bits per heavy atom. The molecule has 2 aromatic rings. The van der Waals surface area contributed by atoms with Crippen LogP contribution in [-0.2, 0) is 4.74 Å². The topological polar surface area (TPSA) is 76.3 Å². The van der Waals surface area contributed by atoms with Gasteiger partial charge < -0.3 is 20.7 Å². The molecule has 1 aromatic carbocycles. The Morgan fingerprint density at radius 2 is 1.75 bits per heavy atom. The summed E-state index contributed by atoms with van der Waals surface area (Å²) in [5.41, 5.74) is 7.68. The number of nitrogens with two attached hydrogens (primary N) is 1. The Balaban J connectivity index is 1.52. The fourth-order valence-corrected chi connectivity index (χ4v) is 4.69. The molecule has 3 N–H and O–H groups in total. The molecule has 1 saturated carbocycles. The maximum Gasteiger partial charge on any atom is 0.226 e. The molecule has 0 atom stereocenters. The first-order valence-corrected chi connectivity index (χ1v) is 10.4. The van der Waals surface area contributed by atoms with Crippen LogP contribution in [0.1, 0.15) is 53.4 Å². The molecule has 0 spiro atoms. The van der Waals surface area contributed by atoms with E-state index in [1.54, 1.807) is 0 Å². The minimum atomic E-state index is -0.226. The van der Waals surface area contributed by atoms with E-state index in [-0.39, 0.29) is 11.2 Å². The van der Waals surface area contributed by atoms with Crippen LogP contribution in [0.15, 0.2) is 24.4 Å². The summed E-state index contributed by atoms with van der Waals surface area (Å²) in [5.74, 6) is 0.777. The highest BCUT2D eigenvalue weighted by Gasteiger charge is 2.39. The van der Waals surface area contributed by atoms with Gasteiger partial charge in [-0.1, -0.05) is 0 Å². The van der Waals surface area contributed by atoms with Crippen molar-refractivity contribution in [3.63, 3.8) is 0 Å². The van der Waals surface area contributed by atoms with E-state index < -0.39 is 0 Å². The summed E-state index contributed by atoms with van der Waals surface area (Å²) in [6, 6.07) is 7.25. The summed E-state index contributed by atoms with van der Waals surface area (Å²) in [6.45, 7) is 10.1. The van der Waals surface area contributed by atoms with Crippen LogP contribution in [0.5, 0.6) is 0 Å². The van der Waals surface area contributed by atoms with Crippen molar-refractivity contribution < 1.29 is 4.74 Å². The molecule has 2 fully saturated rings. The van der Waals surface area contributed by atoms with E-state index in [1.165, 1.54) is 0 Å². The van der Waals surface area contributed by atoms with Crippen molar-refractivity contribution in [2.45, 2.75) is 76.7 Å². The van der Waals surface area contributed by atoms with Gasteiger partial charge in [-0.25, -0.2) is 9.97 Å². The molecule has 6 heteroatoms. The standard InChI is InChI=1S/C22H33N5O/c1-21(2)13-27(14-22(3,4)28-21)20-24-12-15-11-18(9-10-19(15)26-20)25-17-7-5-16(23)6-8-17/h9-12,16-17,25H,5-8,13-14,23H2,1-4H3. The lowest BCUT2D eigenvalue weighted by atomic mass is 9.91. The van der Waals surface area contributed by atoms with Crippen molar-refractivity contribution >= 4 is 22.5 Å². The lowest BCUT2D eigenvalue weighted by molar-refractivity contribution is -0.133. The third kappa shape index (κ3) is 4.39. The number of fused-ring (bicyclic) bond motifs is 1. The normalized spacial score (nSPS) is 27.0. The van der Waals surface area contributed by atoms with Crippen LogP contribution in [0.2, 0.25) is 0 Å². The van der Waals surface area contributed by atoms with Crippen molar-refractivity contribution in [3.05, 3.63) is 24.4 Å².